The maximum atomic E-state index is 12.5. The minimum atomic E-state index is -0.754. The first-order valence-corrected chi connectivity index (χ1v) is 16.1. The van der Waals surface area contributed by atoms with Crippen LogP contribution in [-0.4, -0.2) is 60.6 Å². The molecule has 0 saturated carbocycles. The topological polar surface area (TPSA) is 156 Å². The van der Waals surface area contributed by atoms with Gasteiger partial charge in [0.2, 0.25) is 5.79 Å². The van der Waals surface area contributed by atoms with E-state index in [0.29, 0.717) is 57.5 Å². The number of nitrogens with two attached hydrogens (primary N) is 1. The van der Waals surface area contributed by atoms with Crippen LogP contribution >= 0.6 is 0 Å². The molecule has 1 unspecified atom stereocenters. The zero-order valence-electron chi connectivity index (χ0n) is 27.3. The van der Waals surface area contributed by atoms with Gasteiger partial charge in [-0.05, 0) is 67.1 Å². The Morgan fingerprint density at radius 1 is 1.00 bits per heavy atom. The molecule has 0 aromatic heterocycles. The van der Waals surface area contributed by atoms with Gasteiger partial charge in [-0.3, -0.25) is 15.0 Å². The van der Waals surface area contributed by atoms with Crippen LogP contribution < -0.4 is 15.4 Å². The number of carbonyl (C=O) groups excluding carboxylic acids is 2. The van der Waals surface area contributed by atoms with Gasteiger partial charge >= 0.3 is 12.1 Å². The normalized spacial score (nSPS) is 16.6. The SMILES string of the molecule is CC1(C)OCc2cc(C3CN(CCCCCOCCCOCc4cccc(N(C(N)=O)c5cccc([N+](=O)[O-])c5)c4)C(=O)O3)ccc2O1. The lowest BCUT2D eigenvalue weighted by molar-refractivity contribution is -0.384. The fraction of sp³-hybridized carbons (Fsp3) is 0.429. The van der Waals surface area contributed by atoms with Crippen LogP contribution in [-0.2, 0) is 32.2 Å². The number of non-ortho nitro benzene ring substituents is 1. The Balaban J connectivity index is 0.940. The number of anilines is 2. The second-order valence-corrected chi connectivity index (χ2v) is 12.2. The number of hydrogen-bond acceptors (Lipinski definition) is 9. The largest absolute Gasteiger partial charge is 0.463 e. The first kappa shape index (κ1) is 34.6. The highest BCUT2D eigenvalue weighted by molar-refractivity contribution is 5.98. The van der Waals surface area contributed by atoms with Crippen molar-refractivity contribution in [2.45, 2.75) is 64.6 Å². The monoisotopic (exact) mass is 662 g/mol. The molecule has 1 saturated heterocycles. The fourth-order valence-electron chi connectivity index (χ4n) is 5.60. The van der Waals surface area contributed by atoms with Crippen LogP contribution in [0.25, 0.3) is 0 Å². The zero-order valence-corrected chi connectivity index (χ0v) is 27.3. The Hall–Kier alpha value is -4.72. The summed E-state index contributed by atoms with van der Waals surface area (Å²) in [7, 11) is 0. The summed E-state index contributed by atoms with van der Waals surface area (Å²) in [5.41, 5.74) is 8.98. The first-order chi connectivity index (χ1) is 23.1. The molecule has 1 atom stereocenters. The number of fused-ring (bicyclic) bond motifs is 1. The van der Waals surface area contributed by atoms with E-state index in [0.717, 1.165) is 48.1 Å². The van der Waals surface area contributed by atoms with Gasteiger partial charge in [0.15, 0.2) is 0 Å². The van der Waals surface area contributed by atoms with Gasteiger partial charge in [0.05, 0.1) is 36.1 Å². The highest BCUT2D eigenvalue weighted by Crippen LogP contribution is 2.35. The van der Waals surface area contributed by atoms with E-state index in [2.05, 4.69) is 0 Å². The third-order valence-corrected chi connectivity index (χ3v) is 8.03. The average molecular weight is 663 g/mol. The number of benzene rings is 3. The molecule has 3 amide bonds. The minimum Gasteiger partial charge on any atom is -0.463 e. The number of primary amides is 1. The van der Waals surface area contributed by atoms with Crippen LogP contribution in [0.3, 0.4) is 0 Å². The Labute approximate surface area is 279 Å². The van der Waals surface area contributed by atoms with Gasteiger partial charge in [-0.15, -0.1) is 0 Å². The Bertz CT molecular complexity index is 1600. The van der Waals surface area contributed by atoms with E-state index < -0.39 is 16.7 Å². The van der Waals surface area contributed by atoms with Crippen LogP contribution in [0, 0.1) is 10.1 Å². The molecule has 0 radical (unpaired) electrons. The first-order valence-electron chi connectivity index (χ1n) is 16.1. The average Bonchev–Trinajstić information content (AvgIpc) is 3.43. The Kier molecular flexibility index (Phi) is 11.5. The molecular weight excluding hydrogens is 620 g/mol. The molecule has 3 aromatic carbocycles. The van der Waals surface area contributed by atoms with Crippen molar-refractivity contribution in [2.24, 2.45) is 5.73 Å². The summed E-state index contributed by atoms with van der Waals surface area (Å²) in [6, 6.07) is 18.0. The Morgan fingerprint density at radius 2 is 1.75 bits per heavy atom. The molecule has 48 heavy (non-hydrogen) atoms. The molecule has 5 rings (SSSR count). The van der Waals surface area contributed by atoms with E-state index in [9.17, 15) is 19.7 Å². The van der Waals surface area contributed by atoms with Crippen LogP contribution in [0.15, 0.2) is 66.7 Å². The molecule has 0 aliphatic carbocycles. The number of unbranched alkanes of at least 4 members (excludes halogenated alkanes) is 2. The van der Waals surface area contributed by atoms with E-state index in [1.165, 1.54) is 23.1 Å². The van der Waals surface area contributed by atoms with Crippen LogP contribution in [0.5, 0.6) is 5.75 Å². The molecule has 2 N–H and O–H groups in total. The number of ether oxygens (including phenoxy) is 5. The maximum Gasteiger partial charge on any atom is 0.410 e. The van der Waals surface area contributed by atoms with Gasteiger partial charge in [-0.25, -0.2) is 9.59 Å². The summed E-state index contributed by atoms with van der Waals surface area (Å²) < 4.78 is 28.8. The van der Waals surface area contributed by atoms with Crippen molar-refractivity contribution in [1.82, 2.24) is 4.90 Å². The molecule has 0 spiro atoms. The minimum absolute atomic E-state index is 0.137. The lowest BCUT2D eigenvalue weighted by Gasteiger charge is -2.32. The third kappa shape index (κ3) is 9.21. The maximum absolute atomic E-state index is 12.5. The number of cyclic esters (lactones) is 1. The number of urea groups is 1. The van der Waals surface area contributed by atoms with Crippen molar-refractivity contribution in [2.75, 3.05) is 37.8 Å². The summed E-state index contributed by atoms with van der Waals surface area (Å²) >= 11 is 0. The number of hydrogen-bond donors (Lipinski definition) is 1. The predicted octanol–water partition coefficient (Wildman–Crippen LogP) is 6.74. The van der Waals surface area contributed by atoms with Crippen molar-refractivity contribution >= 4 is 29.2 Å². The molecule has 13 nitrogen and oxygen atoms in total. The standard InChI is InChI=1S/C35H42N4O9/c1-35(2)46-24-27-20-26(13-14-31(27)48-35)32-22-37(34(41)47-32)15-4-3-5-16-44-17-8-18-45-23-25-9-6-10-28(19-25)38(33(36)40)29-11-7-12-30(21-29)39(42)43/h6-7,9-14,19-21,32H,3-5,8,15-18,22-24H2,1-2H3,(H2,36,40). The lowest BCUT2D eigenvalue weighted by Crippen LogP contribution is -2.35. The van der Waals surface area contributed by atoms with Crippen molar-refractivity contribution < 1.29 is 38.2 Å². The van der Waals surface area contributed by atoms with Crippen molar-refractivity contribution in [3.63, 3.8) is 0 Å². The van der Waals surface area contributed by atoms with E-state index in [1.54, 1.807) is 29.2 Å². The summed E-state index contributed by atoms with van der Waals surface area (Å²) in [5, 5.41) is 11.2. The highest BCUT2D eigenvalue weighted by atomic mass is 16.7. The van der Waals surface area contributed by atoms with Crippen molar-refractivity contribution in [3.05, 3.63) is 93.5 Å². The smallest absolute Gasteiger partial charge is 0.410 e. The van der Waals surface area contributed by atoms with E-state index >= 15 is 0 Å². The second-order valence-electron chi connectivity index (χ2n) is 12.2. The summed E-state index contributed by atoms with van der Waals surface area (Å²) in [4.78, 5) is 38.3. The number of nitro benzene ring substituents is 1. The van der Waals surface area contributed by atoms with Gasteiger partial charge in [0, 0.05) is 57.9 Å². The number of nitro groups is 1. The zero-order chi connectivity index (χ0) is 34.1. The van der Waals surface area contributed by atoms with Gasteiger partial charge < -0.3 is 34.3 Å². The number of amides is 3. The third-order valence-electron chi connectivity index (χ3n) is 8.03. The van der Waals surface area contributed by atoms with E-state index in [1.807, 2.05) is 38.1 Å². The fourth-order valence-corrected chi connectivity index (χ4v) is 5.60. The van der Waals surface area contributed by atoms with Crippen LogP contribution in [0.2, 0.25) is 0 Å². The highest BCUT2D eigenvalue weighted by Gasteiger charge is 2.33. The Morgan fingerprint density at radius 3 is 2.54 bits per heavy atom. The second kappa shape index (κ2) is 15.9. The number of nitrogens with zero attached hydrogens (tertiary/aromatic N) is 3. The molecule has 13 heteroatoms. The van der Waals surface area contributed by atoms with Gasteiger partial charge in [-0.2, -0.15) is 0 Å². The van der Waals surface area contributed by atoms with E-state index in [4.69, 9.17) is 29.4 Å². The molecular formula is C35H42N4O9. The quantitative estimate of drug-likeness (QED) is 0.0996. The van der Waals surface area contributed by atoms with Gasteiger partial charge in [0.1, 0.15) is 11.9 Å². The van der Waals surface area contributed by atoms with Crippen LogP contribution in [0.4, 0.5) is 26.7 Å². The predicted molar refractivity (Wildman–Crippen MR) is 177 cm³/mol. The van der Waals surface area contributed by atoms with Gasteiger partial charge in [-0.1, -0.05) is 24.3 Å². The summed E-state index contributed by atoms with van der Waals surface area (Å²) in [5.74, 6) is 0.144. The molecule has 256 valence electrons. The molecule has 2 aliphatic rings. The van der Waals surface area contributed by atoms with Gasteiger partial charge in [0.25, 0.3) is 5.69 Å². The van der Waals surface area contributed by atoms with Crippen molar-refractivity contribution in [3.8, 4) is 5.75 Å². The lowest BCUT2D eigenvalue weighted by atomic mass is 10.0. The molecule has 0 bridgehead atoms. The number of rotatable bonds is 16. The van der Waals surface area contributed by atoms with Crippen molar-refractivity contribution in [1.29, 1.82) is 0 Å². The number of carbonyl (C=O) groups is 2. The van der Waals surface area contributed by atoms with Crippen LogP contribution in [0.1, 0.15) is 62.3 Å². The molecule has 3 aromatic rings. The molecule has 2 heterocycles. The summed E-state index contributed by atoms with van der Waals surface area (Å²) in [6.45, 7) is 7.39. The van der Waals surface area contributed by atoms with E-state index in [-0.39, 0.29) is 17.9 Å². The molecule has 2 aliphatic heterocycles. The summed E-state index contributed by atoms with van der Waals surface area (Å²) in [6.07, 6.45) is 2.81. The molecule has 1 fully saturated rings.